The van der Waals surface area contributed by atoms with Gasteiger partial charge in [0, 0.05) is 0 Å². The molecule has 0 atom stereocenters. The van der Waals surface area contributed by atoms with E-state index < -0.39 is 24.3 Å². The van der Waals surface area contributed by atoms with E-state index in [-0.39, 0.29) is 5.75 Å². The summed E-state index contributed by atoms with van der Waals surface area (Å²) in [6, 6.07) is 3.96. The number of hydrogen-bond acceptors (Lipinski definition) is 3. The Balaban J connectivity index is 2.79. The van der Waals surface area contributed by atoms with Gasteiger partial charge in [-0.3, -0.25) is 0 Å². The van der Waals surface area contributed by atoms with Crippen molar-refractivity contribution in [3.8, 4) is 5.75 Å². The lowest BCUT2D eigenvalue weighted by Gasteiger charge is -2.10. The Morgan fingerprint density at radius 2 is 2.07 bits per heavy atom. The van der Waals surface area contributed by atoms with Gasteiger partial charge in [-0.15, -0.1) is 0 Å². The molecular formula is C9H6F3O3-. The van der Waals surface area contributed by atoms with Gasteiger partial charge in [0.25, 0.3) is 0 Å². The topological polar surface area (TPSA) is 49.4 Å². The zero-order valence-corrected chi connectivity index (χ0v) is 7.38. The number of rotatable bonds is 3. The highest BCUT2D eigenvalue weighted by Gasteiger charge is 2.30. The summed E-state index contributed by atoms with van der Waals surface area (Å²) in [6.45, 7) is -0.776. The number of benzene rings is 1. The fourth-order valence-electron chi connectivity index (χ4n) is 0.904. The fraction of sp³-hybridized carbons (Fsp3) is 0.222. The molecule has 0 heterocycles. The van der Waals surface area contributed by atoms with Crippen LogP contribution < -0.4 is 9.84 Å². The molecule has 0 saturated carbocycles. The van der Waals surface area contributed by atoms with Gasteiger partial charge < -0.3 is 14.6 Å². The van der Waals surface area contributed by atoms with Crippen LogP contribution in [0.15, 0.2) is 24.3 Å². The van der Waals surface area contributed by atoms with Crippen molar-refractivity contribution >= 4 is 5.97 Å². The maximum Gasteiger partial charge on any atom is 0.416 e. The maximum atomic E-state index is 12.2. The second-order valence-electron chi connectivity index (χ2n) is 2.69. The van der Waals surface area contributed by atoms with E-state index in [0.717, 1.165) is 18.2 Å². The number of alkyl halides is 3. The third kappa shape index (κ3) is 3.49. The fourth-order valence-corrected chi connectivity index (χ4v) is 0.904. The Morgan fingerprint density at radius 1 is 1.40 bits per heavy atom. The highest BCUT2D eigenvalue weighted by molar-refractivity contribution is 5.66. The van der Waals surface area contributed by atoms with Crippen molar-refractivity contribution in [3.63, 3.8) is 0 Å². The van der Waals surface area contributed by atoms with Crippen LogP contribution in [0.25, 0.3) is 0 Å². The first-order valence-electron chi connectivity index (χ1n) is 3.89. The van der Waals surface area contributed by atoms with Crippen molar-refractivity contribution < 1.29 is 27.8 Å². The molecule has 0 amide bonds. The summed E-state index contributed by atoms with van der Waals surface area (Å²) < 4.78 is 41.1. The molecule has 15 heavy (non-hydrogen) atoms. The van der Waals surface area contributed by atoms with Gasteiger partial charge in [0.2, 0.25) is 0 Å². The van der Waals surface area contributed by atoms with Crippen LogP contribution in [0.1, 0.15) is 5.56 Å². The van der Waals surface area contributed by atoms with Crippen molar-refractivity contribution in [2.24, 2.45) is 0 Å². The predicted octanol–water partition coefficient (Wildman–Crippen LogP) is 0.834. The molecular weight excluding hydrogens is 213 g/mol. The lowest BCUT2D eigenvalue weighted by molar-refractivity contribution is -0.307. The molecule has 0 fully saturated rings. The van der Waals surface area contributed by atoms with Gasteiger partial charge in [-0.25, -0.2) is 0 Å². The highest BCUT2D eigenvalue weighted by atomic mass is 19.4. The average Bonchev–Trinajstić information content (AvgIpc) is 2.14. The van der Waals surface area contributed by atoms with Gasteiger partial charge in [0.1, 0.15) is 12.4 Å². The summed E-state index contributed by atoms with van der Waals surface area (Å²) >= 11 is 0. The number of carbonyl (C=O) groups excluding carboxylic acids is 1. The van der Waals surface area contributed by atoms with E-state index in [1.807, 2.05) is 0 Å². The maximum absolute atomic E-state index is 12.2. The Bertz CT molecular complexity index is 360. The molecule has 0 aliphatic heterocycles. The number of carboxylic acid groups (broad SMARTS) is 1. The summed E-state index contributed by atoms with van der Waals surface area (Å²) in [5, 5.41) is 10.00. The van der Waals surface area contributed by atoms with Crippen LogP contribution in [0.5, 0.6) is 5.75 Å². The van der Waals surface area contributed by atoms with Crippen molar-refractivity contribution in [2.75, 3.05) is 6.61 Å². The Labute approximate surface area is 83.1 Å². The van der Waals surface area contributed by atoms with E-state index in [0.29, 0.717) is 0 Å². The van der Waals surface area contributed by atoms with Crippen LogP contribution in [-0.4, -0.2) is 12.6 Å². The van der Waals surface area contributed by atoms with Crippen LogP contribution >= 0.6 is 0 Å². The largest absolute Gasteiger partial charge is 0.546 e. The van der Waals surface area contributed by atoms with Crippen molar-refractivity contribution in [1.82, 2.24) is 0 Å². The number of halogens is 3. The van der Waals surface area contributed by atoms with Crippen LogP contribution in [0.4, 0.5) is 13.2 Å². The van der Waals surface area contributed by atoms with Gasteiger partial charge in [-0.1, -0.05) is 6.07 Å². The van der Waals surface area contributed by atoms with Gasteiger partial charge >= 0.3 is 6.18 Å². The first kappa shape index (κ1) is 11.4. The van der Waals surface area contributed by atoms with Crippen LogP contribution in [0.3, 0.4) is 0 Å². The number of ether oxygens (including phenoxy) is 1. The van der Waals surface area contributed by atoms with Gasteiger partial charge in [-0.2, -0.15) is 13.2 Å². The van der Waals surface area contributed by atoms with Crippen molar-refractivity contribution in [3.05, 3.63) is 29.8 Å². The molecule has 0 bridgehead atoms. The molecule has 0 aliphatic rings. The van der Waals surface area contributed by atoms with Crippen molar-refractivity contribution in [2.45, 2.75) is 6.18 Å². The standard InChI is InChI=1S/C9H7F3O3/c10-9(11,12)6-2-1-3-7(4-6)15-5-8(13)14/h1-4H,5H2,(H,13,14)/p-1. The summed E-state index contributed by atoms with van der Waals surface area (Å²) in [5.41, 5.74) is -0.890. The molecule has 1 aromatic rings. The molecule has 1 aromatic carbocycles. The second-order valence-corrected chi connectivity index (χ2v) is 2.69. The molecule has 6 heteroatoms. The van der Waals surface area contributed by atoms with E-state index in [9.17, 15) is 23.1 Å². The number of carbonyl (C=O) groups is 1. The van der Waals surface area contributed by atoms with Gasteiger partial charge in [0.15, 0.2) is 0 Å². The average molecular weight is 219 g/mol. The van der Waals surface area contributed by atoms with Gasteiger partial charge in [0.05, 0.1) is 11.5 Å². The Kier molecular flexibility index (Phi) is 3.18. The highest BCUT2D eigenvalue weighted by Crippen LogP contribution is 2.31. The number of aliphatic carboxylic acids is 1. The van der Waals surface area contributed by atoms with Gasteiger partial charge in [-0.05, 0) is 18.2 Å². The molecule has 82 valence electrons. The second kappa shape index (κ2) is 4.20. The minimum absolute atomic E-state index is 0.158. The quantitative estimate of drug-likeness (QED) is 0.756. The zero-order chi connectivity index (χ0) is 11.5. The first-order valence-corrected chi connectivity index (χ1v) is 3.89. The monoisotopic (exact) mass is 219 g/mol. The first-order chi connectivity index (χ1) is 6.89. The molecule has 0 N–H and O–H groups in total. The molecule has 0 saturated heterocycles. The molecule has 3 nitrogen and oxygen atoms in total. The lowest BCUT2D eigenvalue weighted by atomic mass is 10.2. The van der Waals surface area contributed by atoms with E-state index in [4.69, 9.17) is 0 Å². The molecule has 0 aliphatic carbocycles. The smallest absolute Gasteiger partial charge is 0.416 e. The van der Waals surface area contributed by atoms with E-state index >= 15 is 0 Å². The molecule has 0 unspecified atom stereocenters. The van der Waals surface area contributed by atoms with E-state index in [1.54, 1.807) is 0 Å². The Morgan fingerprint density at radius 3 is 2.60 bits per heavy atom. The summed E-state index contributed by atoms with van der Waals surface area (Å²) in [7, 11) is 0. The molecule has 0 spiro atoms. The normalized spacial score (nSPS) is 11.1. The summed E-state index contributed by atoms with van der Waals surface area (Å²) in [6.07, 6.45) is -4.47. The van der Waals surface area contributed by atoms with Crippen LogP contribution in [0, 0.1) is 0 Å². The van der Waals surface area contributed by atoms with Crippen LogP contribution in [-0.2, 0) is 11.0 Å². The summed E-state index contributed by atoms with van der Waals surface area (Å²) in [5.74, 6) is -1.65. The number of carboxylic acids is 1. The lowest BCUT2D eigenvalue weighted by Crippen LogP contribution is -2.28. The van der Waals surface area contributed by atoms with Crippen molar-refractivity contribution in [1.29, 1.82) is 0 Å². The SMILES string of the molecule is O=C([O-])COc1cccc(C(F)(F)F)c1. The van der Waals surface area contributed by atoms with Crippen LogP contribution in [0.2, 0.25) is 0 Å². The number of hydrogen-bond donors (Lipinski definition) is 0. The summed E-state index contributed by atoms with van der Waals surface area (Å²) in [4.78, 5) is 10.00. The third-order valence-corrected chi connectivity index (χ3v) is 1.52. The minimum atomic E-state index is -4.47. The Hall–Kier alpha value is -1.72. The third-order valence-electron chi connectivity index (χ3n) is 1.52. The molecule has 1 rings (SSSR count). The van der Waals surface area contributed by atoms with E-state index in [2.05, 4.69) is 4.74 Å². The zero-order valence-electron chi connectivity index (χ0n) is 7.38. The predicted molar refractivity (Wildman–Crippen MR) is 41.9 cm³/mol. The molecule has 0 aromatic heterocycles. The van der Waals surface area contributed by atoms with E-state index in [1.165, 1.54) is 6.07 Å². The minimum Gasteiger partial charge on any atom is -0.546 e. The molecule has 0 radical (unpaired) electrons.